The van der Waals surface area contributed by atoms with E-state index in [1.54, 1.807) is 23.2 Å². The number of carbonyl (C=O) groups excluding carboxylic acids is 1. The van der Waals surface area contributed by atoms with Crippen LogP contribution in [0.2, 0.25) is 0 Å². The van der Waals surface area contributed by atoms with Crippen molar-refractivity contribution >= 4 is 28.4 Å². The number of aromatic nitrogens is 3. The first kappa shape index (κ1) is 21.2. The van der Waals surface area contributed by atoms with Gasteiger partial charge in [0.05, 0.1) is 17.2 Å². The average Bonchev–Trinajstić information content (AvgIpc) is 2.80. The fourth-order valence-corrected chi connectivity index (χ4v) is 3.28. The average molecular weight is 431 g/mol. The van der Waals surface area contributed by atoms with Crippen LogP contribution in [0.1, 0.15) is 19.8 Å². The van der Waals surface area contributed by atoms with Gasteiger partial charge in [0.25, 0.3) is 5.56 Å². The Bertz CT molecular complexity index is 1300. The van der Waals surface area contributed by atoms with Gasteiger partial charge in [0.1, 0.15) is 11.6 Å². The molecule has 0 atom stereocenters. The van der Waals surface area contributed by atoms with Gasteiger partial charge in [-0.3, -0.25) is 14.7 Å². The molecule has 0 saturated carbocycles. The highest BCUT2D eigenvalue weighted by molar-refractivity contribution is 5.99. The summed E-state index contributed by atoms with van der Waals surface area (Å²) in [5, 5.41) is 5.80. The van der Waals surface area contributed by atoms with Crippen LogP contribution in [0.15, 0.2) is 71.9 Å². The molecule has 0 saturated heterocycles. The number of nitrogens with zero attached hydrogens (tertiary/aromatic N) is 3. The molecule has 4 rings (SSSR count). The van der Waals surface area contributed by atoms with Crippen molar-refractivity contribution in [3.05, 3.63) is 83.3 Å². The minimum atomic E-state index is -0.485. The first-order valence-corrected chi connectivity index (χ1v) is 10.3. The molecule has 2 heterocycles. The number of fused-ring (bicyclic) bond motifs is 1. The normalized spacial score (nSPS) is 10.8. The van der Waals surface area contributed by atoms with Gasteiger partial charge in [-0.25, -0.2) is 19.2 Å². The fourth-order valence-electron chi connectivity index (χ4n) is 3.28. The number of unbranched alkanes of at least 4 members (excludes halogenated alkanes) is 1. The number of hydrogen-bond donors (Lipinski definition) is 2. The third-order valence-electron chi connectivity index (χ3n) is 5.02. The van der Waals surface area contributed by atoms with E-state index in [4.69, 9.17) is 0 Å². The van der Waals surface area contributed by atoms with Crippen molar-refractivity contribution in [3.8, 4) is 11.1 Å². The van der Waals surface area contributed by atoms with Crippen LogP contribution in [0.25, 0.3) is 22.0 Å². The number of anilines is 2. The predicted octanol–water partition coefficient (Wildman–Crippen LogP) is 5.04. The number of carbonyl (C=O) groups is 1. The zero-order chi connectivity index (χ0) is 22.5. The lowest BCUT2D eigenvalue weighted by Crippen LogP contribution is -2.20. The maximum Gasteiger partial charge on any atom is 0.324 e. The number of amides is 2. The smallest absolute Gasteiger partial charge is 0.308 e. The summed E-state index contributed by atoms with van der Waals surface area (Å²) in [5.41, 5.74) is 2.69. The van der Waals surface area contributed by atoms with E-state index in [0.29, 0.717) is 29.0 Å². The topological polar surface area (TPSA) is 88.9 Å². The largest absolute Gasteiger partial charge is 0.324 e. The number of halogens is 1. The highest BCUT2D eigenvalue weighted by atomic mass is 19.1. The van der Waals surface area contributed by atoms with Crippen molar-refractivity contribution < 1.29 is 9.18 Å². The number of aryl methyl sites for hydroxylation is 1. The van der Waals surface area contributed by atoms with E-state index in [2.05, 4.69) is 27.5 Å². The molecule has 0 radical (unpaired) electrons. The van der Waals surface area contributed by atoms with Gasteiger partial charge in [-0.05, 0) is 60.5 Å². The van der Waals surface area contributed by atoms with Gasteiger partial charge < -0.3 is 5.32 Å². The molecule has 0 aliphatic carbocycles. The fraction of sp³-hybridized carbons (Fsp3) is 0.167. The quantitative estimate of drug-likeness (QED) is 0.448. The molecule has 2 aromatic heterocycles. The Labute approximate surface area is 184 Å². The highest BCUT2D eigenvalue weighted by Crippen LogP contribution is 2.22. The van der Waals surface area contributed by atoms with Crippen LogP contribution in [0, 0.1) is 5.82 Å². The molecule has 0 bridgehead atoms. The summed E-state index contributed by atoms with van der Waals surface area (Å²) in [6.07, 6.45) is 5.14. The second-order valence-corrected chi connectivity index (χ2v) is 7.35. The van der Waals surface area contributed by atoms with Gasteiger partial charge in [0.15, 0.2) is 0 Å². The lowest BCUT2D eigenvalue weighted by Gasteiger charge is -2.09. The Hall–Kier alpha value is -4.07. The van der Waals surface area contributed by atoms with Gasteiger partial charge in [-0.1, -0.05) is 19.4 Å². The molecule has 7 nitrogen and oxygen atoms in total. The first-order chi connectivity index (χ1) is 15.5. The minimum absolute atomic E-state index is 0.0611. The van der Waals surface area contributed by atoms with Gasteiger partial charge >= 0.3 is 6.03 Å². The van der Waals surface area contributed by atoms with E-state index in [1.807, 2.05) is 24.3 Å². The molecular formula is C24H22FN5O2. The van der Waals surface area contributed by atoms with Crippen molar-refractivity contribution in [3.63, 3.8) is 0 Å². The van der Waals surface area contributed by atoms with Gasteiger partial charge in [0, 0.05) is 24.0 Å². The standard InChI is InChI=1S/C24H22FN5O2/c1-2-3-12-30-15-27-21-10-4-16(13-20(21)23(30)31)17-5-11-22(26-14-17)29-24(32)28-19-8-6-18(25)7-9-19/h4-11,13-15H,2-3,12H2,1H3,(H2,26,28,29,32). The Morgan fingerprint density at radius 3 is 2.50 bits per heavy atom. The van der Waals surface area contributed by atoms with E-state index in [9.17, 15) is 14.0 Å². The van der Waals surface area contributed by atoms with Crippen LogP contribution in [0.5, 0.6) is 0 Å². The molecular weight excluding hydrogens is 409 g/mol. The summed E-state index contributed by atoms with van der Waals surface area (Å²) in [4.78, 5) is 33.6. The summed E-state index contributed by atoms with van der Waals surface area (Å²) in [6.45, 7) is 2.72. The molecule has 2 N–H and O–H groups in total. The Kier molecular flexibility index (Phi) is 6.21. The number of hydrogen-bond acceptors (Lipinski definition) is 4. The summed E-state index contributed by atoms with van der Waals surface area (Å²) in [7, 11) is 0. The highest BCUT2D eigenvalue weighted by Gasteiger charge is 2.08. The van der Waals surface area contributed by atoms with Crippen LogP contribution >= 0.6 is 0 Å². The van der Waals surface area contributed by atoms with Crippen molar-refractivity contribution in [1.29, 1.82) is 0 Å². The van der Waals surface area contributed by atoms with Crippen LogP contribution in [0.3, 0.4) is 0 Å². The molecule has 4 aromatic rings. The SMILES string of the molecule is CCCCn1cnc2ccc(-c3ccc(NC(=O)Nc4ccc(F)cc4)nc3)cc2c1=O. The summed E-state index contributed by atoms with van der Waals surface area (Å²) in [6, 6.07) is 14.0. The van der Waals surface area contributed by atoms with Crippen LogP contribution < -0.4 is 16.2 Å². The number of benzene rings is 2. The molecule has 0 unspecified atom stereocenters. The Morgan fingerprint density at radius 1 is 1.00 bits per heavy atom. The Balaban J connectivity index is 1.50. The zero-order valence-corrected chi connectivity index (χ0v) is 17.5. The van der Waals surface area contributed by atoms with E-state index < -0.39 is 6.03 Å². The third kappa shape index (κ3) is 4.80. The molecule has 0 aliphatic heterocycles. The van der Waals surface area contributed by atoms with E-state index >= 15 is 0 Å². The summed E-state index contributed by atoms with van der Waals surface area (Å²) < 4.78 is 14.6. The van der Waals surface area contributed by atoms with Crippen molar-refractivity contribution in [2.75, 3.05) is 10.6 Å². The summed E-state index contributed by atoms with van der Waals surface area (Å²) >= 11 is 0. The maximum atomic E-state index is 13.0. The van der Waals surface area contributed by atoms with Crippen LogP contribution in [-0.2, 0) is 6.54 Å². The first-order valence-electron chi connectivity index (χ1n) is 10.3. The number of nitrogens with one attached hydrogen (secondary N) is 2. The number of rotatable bonds is 6. The number of pyridine rings is 1. The zero-order valence-electron chi connectivity index (χ0n) is 17.5. The Morgan fingerprint density at radius 2 is 1.78 bits per heavy atom. The van der Waals surface area contributed by atoms with Crippen LogP contribution in [-0.4, -0.2) is 20.6 Å². The van der Waals surface area contributed by atoms with Crippen molar-refractivity contribution in [2.45, 2.75) is 26.3 Å². The summed E-state index contributed by atoms with van der Waals surface area (Å²) in [5.74, 6) is -0.0182. The monoisotopic (exact) mass is 431 g/mol. The molecule has 162 valence electrons. The molecule has 2 aromatic carbocycles. The van der Waals surface area contributed by atoms with Gasteiger partial charge in [-0.2, -0.15) is 0 Å². The second-order valence-electron chi connectivity index (χ2n) is 7.35. The molecule has 8 heteroatoms. The molecule has 0 aliphatic rings. The molecule has 0 fully saturated rings. The van der Waals surface area contributed by atoms with E-state index in [1.165, 1.54) is 24.3 Å². The predicted molar refractivity (Wildman–Crippen MR) is 123 cm³/mol. The lowest BCUT2D eigenvalue weighted by molar-refractivity contribution is 0.262. The molecule has 0 spiro atoms. The van der Waals surface area contributed by atoms with E-state index in [0.717, 1.165) is 24.0 Å². The second kappa shape index (κ2) is 9.38. The number of urea groups is 1. The molecule has 2 amide bonds. The third-order valence-corrected chi connectivity index (χ3v) is 5.02. The molecule has 32 heavy (non-hydrogen) atoms. The van der Waals surface area contributed by atoms with Crippen molar-refractivity contribution in [2.24, 2.45) is 0 Å². The minimum Gasteiger partial charge on any atom is -0.308 e. The van der Waals surface area contributed by atoms with Gasteiger partial charge in [0.2, 0.25) is 0 Å². The lowest BCUT2D eigenvalue weighted by atomic mass is 10.1. The van der Waals surface area contributed by atoms with Crippen molar-refractivity contribution in [1.82, 2.24) is 14.5 Å². The van der Waals surface area contributed by atoms with Crippen LogP contribution in [0.4, 0.5) is 20.7 Å². The van der Waals surface area contributed by atoms with E-state index in [-0.39, 0.29) is 11.4 Å². The van der Waals surface area contributed by atoms with Gasteiger partial charge in [-0.15, -0.1) is 0 Å². The maximum absolute atomic E-state index is 13.0.